The number of hydrogen-bond acceptors (Lipinski definition) is 9. The summed E-state index contributed by atoms with van der Waals surface area (Å²) in [4.78, 5) is 32.8. The van der Waals surface area contributed by atoms with Crippen LogP contribution in [0.4, 0.5) is 0 Å². The van der Waals surface area contributed by atoms with Crippen LogP contribution < -0.4 is 0 Å². The Balaban J connectivity index is 0.000000548. The van der Waals surface area contributed by atoms with Crippen molar-refractivity contribution >= 4 is 0 Å². The van der Waals surface area contributed by atoms with Gasteiger partial charge in [-0.3, -0.25) is 19.9 Å². The Morgan fingerprint density at radius 2 is 0.585 bits per heavy atom. The van der Waals surface area contributed by atoms with Crippen LogP contribution in [0, 0.1) is 7.43 Å². The minimum atomic E-state index is 0. The van der Waals surface area contributed by atoms with E-state index in [9.17, 15) is 0 Å². The number of hydrogen-bond donors (Lipinski definition) is 1. The third kappa shape index (κ3) is 13.3. The molecule has 41 heavy (non-hydrogen) atoms. The molecule has 0 aliphatic heterocycles. The van der Waals surface area contributed by atoms with Crippen LogP contribution in [0.15, 0.2) is 135 Å². The largest absolute Gasteiger partial charge is 0.400 e. The predicted molar refractivity (Wildman–Crippen MR) is 153 cm³/mol. The van der Waals surface area contributed by atoms with E-state index in [4.69, 9.17) is 5.11 Å². The molecular weight excluding hydrogens is 782 g/mol. The molecule has 6 aromatic rings. The molecule has 1 radical (unpaired) electrons. The van der Waals surface area contributed by atoms with E-state index < -0.39 is 0 Å². The quantitative estimate of drug-likeness (QED) is 0.188. The van der Waals surface area contributed by atoms with Crippen molar-refractivity contribution in [2.75, 3.05) is 7.11 Å². The van der Waals surface area contributed by atoms with Crippen LogP contribution in [-0.4, -0.2) is 52.1 Å². The summed E-state index contributed by atoms with van der Waals surface area (Å²) in [5.74, 6) is 1.11. The maximum absolute atomic E-state index is 7.00. The predicted octanol–water partition coefficient (Wildman–Crippen LogP) is 5.27. The second-order valence-corrected chi connectivity index (χ2v) is 7.00. The van der Waals surface area contributed by atoms with Gasteiger partial charge in [-0.25, -0.2) is 19.9 Å². The molecule has 0 aliphatic rings. The third-order valence-electron chi connectivity index (χ3n) is 4.52. The summed E-state index contributed by atoms with van der Waals surface area (Å²) in [5, 5.41) is 7.00. The molecule has 0 amide bonds. The Labute approximate surface area is 266 Å². The van der Waals surface area contributed by atoms with Gasteiger partial charge in [0.25, 0.3) is 0 Å². The van der Waals surface area contributed by atoms with Gasteiger partial charge < -0.3 is 12.5 Å². The average Bonchev–Trinajstić information content (AvgIpc) is 3.05. The van der Waals surface area contributed by atoms with Crippen LogP contribution >= 0.6 is 0 Å². The van der Waals surface area contributed by atoms with Crippen molar-refractivity contribution in [2.45, 2.75) is 0 Å². The van der Waals surface area contributed by atoms with Crippen molar-refractivity contribution in [1.82, 2.24) is 39.9 Å². The van der Waals surface area contributed by atoms with Gasteiger partial charge in [-0.15, -0.1) is 0 Å². The zero-order chi connectivity index (χ0) is 26.7. The van der Waals surface area contributed by atoms with Gasteiger partial charge in [0.15, 0.2) is 11.6 Å². The van der Waals surface area contributed by atoms with E-state index in [2.05, 4.69) is 39.9 Å². The number of rotatable bonds is 3. The van der Waals surface area contributed by atoms with Crippen LogP contribution in [0.2, 0.25) is 0 Å². The summed E-state index contributed by atoms with van der Waals surface area (Å²) in [5.41, 5.74) is 3.66. The summed E-state index contributed by atoms with van der Waals surface area (Å²) in [6, 6.07) is 26.7. The van der Waals surface area contributed by atoms with Crippen molar-refractivity contribution in [3.05, 3.63) is 142 Å². The van der Waals surface area contributed by atoms with Gasteiger partial charge in [0.2, 0.25) is 0 Å². The monoisotopic (exact) mass is 812 g/mol. The third-order valence-corrected chi connectivity index (χ3v) is 4.52. The fraction of sp³-hybridized carbons (Fsp3) is 0.0333. The Bertz CT molecular complexity index is 1120. The fourth-order valence-electron chi connectivity index (χ4n) is 2.89. The Kier molecular flexibility index (Phi) is 20.5. The van der Waals surface area contributed by atoms with E-state index in [-0.39, 0.29) is 47.0 Å². The molecule has 6 aromatic heterocycles. The van der Waals surface area contributed by atoms with E-state index in [1.807, 2.05) is 72.8 Å². The molecule has 213 valence electrons. The number of aromatic nitrogens is 8. The fourth-order valence-corrected chi connectivity index (χ4v) is 2.89. The zero-order valence-corrected chi connectivity index (χ0v) is 26.5. The summed E-state index contributed by atoms with van der Waals surface area (Å²) >= 11 is 0. The number of aliphatic hydroxyl groups is 1. The van der Waals surface area contributed by atoms with Crippen LogP contribution in [0.1, 0.15) is 0 Å². The minimum Gasteiger partial charge on any atom is -0.400 e. The molecule has 0 bridgehead atoms. The van der Waals surface area contributed by atoms with Gasteiger partial charge in [-0.1, -0.05) is 24.3 Å². The molecule has 0 spiro atoms. The molecular formula is C30H29IrN8ORu-. The second-order valence-electron chi connectivity index (χ2n) is 7.00. The van der Waals surface area contributed by atoms with Gasteiger partial charge in [0.1, 0.15) is 0 Å². The van der Waals surface area contributed by atoms with Crippen molar-refractivity contribution in [3.8, 4) is 34.4 Å². The minimum absolute atomic E-state index is 0. The summed E-state index contributed by atoms with van der Waals surface area (Å²) in [6.45, 7) is 0. The standard InChI is InChI=1S/2C10H8N2.C8H6N4.CH4O.CH3.Ir.Ru/c2*1-3-7-11-9(5-1)10-6-2-4-8-12-10;1-3-9-7(10-4-1)8-11-5-2-6-12-8;1-2;;;/h2*1-8H;1-6H;2H,1H3;1H3;;/q;;;;-1;;. The summed E-state index contributed by atoms with van der Waals surface area (Å²) < 4.78 is 0. The molecule has 0 fully saturated rings. The van der Waals surface area contributed by atoms with Gasteiger partial charge in [-0.2, -0.15) is 0 Å². The van der Waals surface area contributed by atoms with Gasteiger partial charge >= 0.3 is 0 Å². The van der Waals surface area contributed by atoms with E-state index >= 15 is 0 Å². The van der Waals surface area contributed by atoms with Crippen LogP contribution in [0.3, 0.4) is 0 Å². The average molecular weight is 811 g/mol. The zero-order valence-electron chi connectivity index (χ0n) is 22.4. The van der Waals surface area contributed by atoms with Crippen LogP contribution in [0.25, 0.3) is 34.4 Å². The first-order valence-electron chi connectivity index (χ1n) is 11.5. The normalized spacial score (nSPS) is 8.63. The SMILES string of the molecule is CO.[CH3-].[Ir].[Ru].c1ccc(-c2ccccn2)nc1.c1ccc(-c2ccccn2)nc1.c1cnc(-c2ncccn2)nc1. The molecule has 0 aromatic carbocycles. The summed E-state index contributed by atoms with van der Waals surface area (Å²) in [7, 11) is 1.00. The van der Waals surface area contributed by atoms with Crippen LogP contribution in [0.5, 0.6) is 0 Å². The number of nitrogens with zero attached hydrogens (tertiary/aromatic N) is 8. The Hall–Kier alpha value is -4.01. The molecule has 9 nitrogen and oxygen atoms in total. The molecule has 6 heterocycles. The van der Waals surface area contributed by atoms with Crippen LogP contribution in [-0.2, 0) is 39.6 Å². The summed E-state index contributed by atoms with van der Waals surface area (Å²) in [6.07, 6.45) is 13.7. The second kappa shape index (κ2) is 22.8. The molecule has 6 rings (SSSR count). The topological polar surface area (TPSA) is 123 Å². The van der Waals surface area contributed by atoms with E-state index in [0.29, 0.717) is 11.6 Å². The molecule has 0 atom stereocenters. The van der Waals surface area contributed by atoms with Crippen molar-refractivity contribution in [3.63, 3.8) is 0 Å². The first-order chi connectivity index (χ1) is 18.9. The smallest absolute Gasteiger partial charge is 0.197 e. The van der Waals surface area contributed by atoms with Crippen molar-refractivity contribution < 1.29 is 44.7 Å². The Morgan fingerprint density at radius 3 is 0.780 bits per heavy atom. The first kappa shape index (κ1) is 37.0. The first-order valence-corrected chi connectivity index (χ1v) is 11.5. The van der Waals surface area contributed by atoms with Gasteiger partial charge in [0.05, 0.1) is 22.8 Å². The maximum atomic E-state index is 7.00. The van der Waals surface area contributed by atoms with E-state index in [1.165, 1.54) is 0 Å². The molecule has 0 saturated heterocycles. The van der Waals surface area contributed by atoms with E-state index in [1.54, 1.807) is 61.7 Å². The van der Waals surface area contributed by atoms with E-state index in [0.717, 1.165) is 29.9 Å². The molecule has 1 N–H and O–H groups in total. The van der Waals surface area contributed by atoms with Crippen molar-refractivity contribution in [2.24, 2.45) is 0 Å². The van der Waals surface area contributed by atoms with Gasteiger partial charge in [0, 0.05) is 96.3 Å². The van der Waals surface area contributed by atoms with Gasteiger partial charge in [-0.05, 0) is 60.7 Å². The number of pyridine rings is 4. The number of aliphatic hydroxyl groups excluding tert-OH is 1. The molecule has 0 aliphatic carbocycles. The maximum Gasteiger partial charge on any atom is 0.197 e. The molecule has 0 unspecified atom stereocenters. The molecule has 0 saturated carbocycles. The molecule has 11 heteroatoms. The Morgan fingerprint density at radius 1 is 0.366 bits per heavy atom. The van der Waals surface area contributed by atoms with Crippen molar-refractivity contribution in [1.29, 1.82) is 0 Å².